The molecule has 1 aromatic carbocycles. The van der Waals surface area contributed by atoms with Gasteiger partial charge in [0.25, 0.3) is 0 Å². The molecule has 0 saturated heterocycles. The van der Waals surface area contributed by atoms with Crippen LogP contribution in [0.5, 0.6) is 0 Å². The van der Waals surface area contributed by atoms with E-state index in [0.717, 1.165) is 6.08 Å². The molecule has 0 heterocycles. The third-order valence-corrected chi connectivity index (χ3v) is 1.70. The van der Waals surface area contributed by atoms with Crippen molar-refractivity contribution in [3.8, 4) is 0 Å². The average molecular weight is 206 g/mol. The standard InChI is InChI=1S/C10H11BO4/c12-10(13)7-4-8-15-11(14)9-5-2-1-3-6-9/h1-7,14H,8H2,(H,12,13). The number of rotatable bonds is 5. The van der Waals surface area contributed by atoms with E-state index in [0.29, 0.717) is 5.46 Å². The van der Waals surface area contributed by atoms with Gasteiger partial charge in [-0.3, -0.25) is 0 Å². The molecule has 0 aliphatic heterocycles. The van der Waals surface area contributed by atoms with E-state index in [-0.39, 0.29) is 6.61 Å². The van der Waals surface area contributed by atoms with Crippen molar-refractivity contribution in [2.75, 3.05) is 6.61 Å². The second-order valence-corrected chi connectivity index (χ2v) is 2.84. The van der Waals surface area contributed by atoms with Gasteiger partial charge < -0.3 is 14.8 Å². The van der Waals surface area contributed by atoms with E-state index in [1.54, 1.807) is 24.3 Å². The monoisotopic (exact) mass is 206 g/mol. The maximum absolute atomic E-state index is 10.1. The summed E-state index contributed by atoms with van der Waals surface area (Å²) in [7, 11) is -1.02. The van der Waals surface area contributed by atoms with Crippen molar-refractivity contribution in [3.05, 3.63) is 42.5 Å². The first-order valence-corrected chi connectivity index (χ1v) is 4.44. The summed E-state index contributed by atoms with van der Waals surface area (Å²) in [4.78, 5) is 10.1. The molecule has 0 atom stereocenters. The van der Waals surface area contributed by atoms with Crippen molar-refractivity contribution in [2.24, 2.45) is 0 Å². The number of hydrogen-bond acceptors (Lipinski definition) is 3. The third-order valence-electron chi connectivity index (χ3n) is 1.70. The van der Waals surface area contributed by atoms with Crippen LogP contribution in [-0.4, -0.2) is 29.8 Å². The van der Waals surface area contributed by atoms with Gasteiger partial charge in [-0.15, -0.1) is 0 Å². The zero-order valence-electron chi connectivity index (χ0n) is 8.04. The van der Waals surface area contributed by atoms with Gasteiger partial charge in [0.1, 0.15) is 0 Å². The summed E-state index contributed by atoms with van der Waals surface area (Å²) in [5.74, 6) is -1.03. The lowest BCUT2D eigenvalue weighted by Crippen LogP contribution is -2.33. The van der Waals surface area contributed by atoms with Gasteiger partial charge in [-0.1, -0.05) is 36.4 Å². The first kappa shape index (κ1) is 11.5. The number of carboxylic acids is 1. The number of benzene rings is 1. The van der Waals surface area contributed by atoms with E-state index in [4.69, 9.17) is 9.76 Å². The number of hydrogen-bond donors (Lipinski definition) is 2. The summed E-state index contributed by atoms with van der Waals surface area (Å²) in [5.41, 5.74) is 0.640. The van der Waals surface area contributed by atoms with Crippen LogP contribution in [0.15, 0.2) is 42.5 Å². The van der Waals surface area contributed by atoms with E-state index in [1.165, 1.54) is 6.08 Å². The Hall–Kier alpha value is -1.59. The van der Waals surface area contributed by atoms with Gasteiger partial charge in [0.2, 0.25) is 0 Å². The van der Waals surface area contributed by atoms with Gasteiger partial charge in [-0.2, -0.15) is 0 Å². The lowest BCUT2D eigenvalue weighted by atomic mass is 9.80. The topological polar surface area (TPSA) is 66.8 Å². The molecule has 0 aliphatic rings. The van der Waals surface area contributed by atoms with Crippen LogP contribution in [0.2, 0.25) is 0 Å². The Balaban J connectivity index is 2.37. The molecule has 4 nitrogen and oxygen atoms in total. The van der Waals surface area contributed by atoms with Gasteiger partial charge in [0, 0.05) is 6.08 Å². The van der Waals surface area contributed by atoms with E-state index < -0.39 is 13.1 Å². The molecule has 0 saturated carbocycles. The zero-order valence-corrected chi connectivity index (χ0v) is 8.04. The third kappa shape index (κ3) is 4.44. The van der Waals surface area contributed by atoms with E-state index in [2.05, 4.69) is 0 Å². The first-order valence-electron chi connectivity index (χ1n) is 4.44. The molecule has 0 bridgehead atoms. The Kier molecular flexibility index (Phi) is 4.60. The van der Waals surface area contributed by atoms with Gasteiger partial charge in [-0.05, 0) is 5.46 Å². The average Bonchev–Trinajstić information content (AvgIpc) is 2.25. The van der Waals surface area contributed by atoms with Crippen molar-refractivity contribution >= 4 is 18.6 Å². The molecule has 0 fully saturated rings. The summed E-state index contributed by atoms with van der Waals surface area (Å²) in [6.45, 7) is 0.0579. The number of carbonyl (C=O) groups is 1. The van der Waals surface area contributed by atoms with Gasteiger partial charge in [0.05, 0.1) is 6.61 Å². The largest absolute Gasteiger partial charge is 0.491 e. The van der Waals surface area contributed by atoms with E-state index in [1.807, 2.05) is 6.07 Å². The van der Waals surface area contributed by atoms with Crippen molar-refractivity contribution < 1.29 is 19.6 Å². The lowest BCUT2D eigenvalue weighted by molar-refractivity contribution is -0.131. The normalized spacial score (nSPS) is 10.5. The van der Waals surface area contributed by atoms with Crippen LogP contribution in [0, 0.1) is 0 Å². The van der Waals surface area contributed by atoms with Gasteiger partial charge in [0.15, 0.2) is 0 Å². The number of carboxylic acid groups (broad SMARTS) is 1. The Morgan fingerprint density at radius 1 is 1.40 bits per heavy atom. The van der Waals surface area contributed by atoms with Crippen LogP contribution >= 0.6 is 0 Å². The van der Waals surface area contributed by atoms with Crippen molar-refractivity contribution in [1.82, 2.24) is 0 Å². The Morgan fingerprint density at radius 3 is 2.67 bits per heavy atom. The zero-order chi connectivity index (χ0) is 11.1. The van der Waals surface area contributed by atoms with E-state index in [9.17, 15) is 9.82 Å². The van der Waals surface area contributed by atoms with Crippen molar-refractivity contribution in [1.29, 1.82) is 0 Å². The lowest BCUT2D eigenvalue weighted by Gasteiger charge is -2.05. The van der Waals surface area contributed by atoms with Crippen LogP contribution < -0.4 is 5.46 Å². The second kappa shape index (κ2) is 6.00. The summed E-state index contributed by atoms with van der Waals surface area (Å²) in [5, 5.41) is 17.8. The fourth-order valence-electron chi connectivity index (χ4n) is 1.01. The summed E-state index contributed by atoms with van der Waals surface area (Å²) >= 11 is 0. The Labute approximate surface area is 88.0 Å². The molecular weight excluding hydrogens is 195 g/mol. The smallest absolute Gasteiger partial charge is 0.478 e. The highest BCUT2D eigenvalue weighted by Crippen LogP contribution is 1.88. The molecule has 0 amide bonds. The highest BCUT2D eigenvalue weighted by Gasteiger charge is 2.14. The molecule has 0 aromatic heterocycles. The summed E-state index contributed by atoms with van der Waals surface area (Å²) in [6.07, 6.45) is 2.30. The second-order valence-electron chi connectivity index (χ2n) is 2.84. The molecule has 0 radical (unpaired) electrons. The molecule has 1 rings (SSSR count). The van der Waals surface area contributed by atoms with Crippen molar-refractivity contribution in [3.63, 3.8) is 0 Å². The summed E-state index contributed by atoms with van der Waals surface area (Å²) < 4.78 is 4.98. The predicted molar refractivity (Wildman–Crippen MR) is 56.8 cm³/mol. The fourth-order valence-corrected chi connectivity index (χ4v) is 1.01. The molecular formula is C10H11BO4. The minimum atomic E-state index is -1.03. The summed E-state index contributed by atoms with van der Waals surface area (Å²) in [6, 6.07) is 8.86. The van der Waals surface area contributed by atoms with Gasteiger partial charge >= 0.3 is 13.1 Å². The van der Waals surface area contributed by atoms with Crippen LogP contribution in [0.25, 0.3) is 0 Å². The molecule has 0 aliphatic carbocycles. The molecule has 0 unspecified atom stereocenters. The quantitative estimate of drug-likeness (QED) is 0.526. The predicted octanol–water partition coefficient (Wildman–Crippen LogP) is 0.0315. The highest BCUT2D eigenvalue weighted by molar-refractivity contribution is 6.59. The minimum absolute atomic E-state index is 0.0579. The maximum Gasteiger partial charge on any atom is 0.491 e. The molecule has 78 valence electrons. The molecule has 15 heavy (non-hydrogen) atoms. The molecule has 0 spiro atoms. The van der Waals surface area contributed by atoms with Crippen LogP contribution in [-0.2, 0) is 9.45 Å². The maximum atomic E-state index is 10.1. The number of aliphatic carboxylic acids is 1. The van der Waals surface area contributed by atoms with Crippen LogP contribution in [0.1, 0.15) is 0 Å². The Bertz CT molecular complexity index is 337. The minimum Gasteiger partial charge on any atom is -0.478 e. The van der Waals surface area contributed by atoms with Gasteiger partial charge in [-0.25, -0.2) is 4.79 Å². The highest BCUT2D eigenvalue weighted by atomic mass is 16.5. The Morgan fingerprint density at radius 2 is 2.07 bits per heavy atom. The van der Waals surface area contributed by atoms with Crippen molar-refractivity contribution in [2.45, 2.75) is 0 Å². The molecule has 2 N–H and O–H groups in total. The molecule has 5 heteroatoms. The first-order chi connectivity index (χ1) is 7.20. The van der Waals surface area contributed by atoms with Crippen LogP contribution in [0.3, 0.4) is 0 Å². The SMILES string of the molecule is O=C(O)C=CCOB(O)c1ccccc1. The van der Waals surface area contributed by atoms with Crippen LogP contribution in [0.4, 0.5) is 0 Å². The van der Waals surface area contributed by atoms with E-state index >= 15 is 0 Å². The fraction of sp³-hybridized carbons (Fsp3) is 0.100. The molecule has 1 aromatic rings.